The van der Waals surface area contributed by atoms with E-state index in [-0.39, 0.29) is 12.0 Å². The molecule has 0 radical (unpaired) electrons. The van der Waals surface area contributed by atoms with Gasteiger partial charge in [0.25, 0.3) is 0 Å². The maximum atomic E-state index is 12.0. The third kappa shape index (κ3) is 4.57. The summed E-state index contributed by atoms with van der Waals surface area (Å²) in [7, 11) is 1.64. The lowest BCUT2D eigenvalue weighted by Crippen LogP contribution is -2.38. The number of benzene rings is 2. The van der Waals surface area contributed by atoms with Gasteiger partial charge in [-0.05, 0) is 37.1 Å². The van der Waals surface area contributed by atoms with E-state index in [9.17, 15) is 4.79 Å². The molecule has 1 N–H and O–H groups in total. The normalized spacial score (nSPS) is 13.2. The van der Waals surface area contributed by atoms with Gasteiger partial charge >= 0.3 is 5.97 Å². The molecule has 0 aliphatic rings. The molecule has 0 saturated heterocycles. The number of rotatable bonds is 7. The van der Waals surface area contributed by atoms with E-state index < -0.39 is 6.04 Å². The van der Waals surface area contributed by atoms with Crippen LogP contribution >= 0.6 is 0 Å². The third-order valence-corrected chi connectivity index (χ3v) is 3.62. The molecule has 4 heteroatoms. The van der Waals surface area contributed by atoms with Crippen LogP contribution in [0, 0.1) is 0 Å². The minimum absolute atomic E-state index is 0.120. The van der Waals surface area contributed by atoms with Crippen molar-refractivity contribution in [2.75, 3.05) is 13.7 Å². The second-order valence-electron chi connectivity index (χ2n) is 5.26. The fourth-order valence-corrected chi connectivity index (χ4v) is 2.44. The Morgan fingerprint density at radius 1 is 1.09 bits per heavy atom. The second kappa shape index (κ2) is 8.34. The van der Waals surface area contributed by atoms with E-state index in [1.54, 1.807) is 14.0 Å². The van der Waals surface area contributed by atoms with Gasteiger partial charge in [-0.2, -0.15) is 0 Å². The standard InChI is InChI=1S/C19H23NO3/c1-4-23-19(21)14(2)20-18(15-9-6-5-7-10-15)16-11-8-12-17(13-16)22-3/h5-14,18,20H,4H2,1-3H3. The number of carbonyl (C=O) groups excluding carboxylic acids is 1. The largest absolute Gasteiger partial charge is 0.497 e. The summed E-state index contributed by atoms with van der Waals surface area (Å²) in [5.41, 5.74) is 2.11. The number of hydrogen-bond acceptors (Lipinski definition) is 4. The van der Waals surface area contributed by atoms with Crippen LogP contribution in [0.1, 0.15) is 31.0 Å². The van der Waals surface area contributed by atoms with Crippen molar-refractivity contribution in [3.63, 3.8) is 0 Å². The van der Waals surface area contributed by atoms with E-state index in [4.69, 9.17) is 9.47 Å². The molecule has 2 aromatic rings. The van der Waals surface area contributed by atoms with Crippen LogP contribution < -0.4 is 10.1 Å². The zero-order valence-corrected chi connectivity index (χ0v) is 13.8. The van der Waals surface area contributed by atoms with Crippen molar-refractivity contribution in [3.8, 4) is 5.75 Å². The SMILES string of the molecule is CCOC(=O)C(C)NC(c1ccccc1)c1cccc(OC)c1. The molecule has 0 bridgehead atoms. The molecular weight excluding hydrogens is 290 g/mol. The van der Waals surface area contributed by atoms with Crippen molar-refractivity contribution in [2.45, 2.75) is 25.9 Å². The minimum Gasteiger partial charge on any atom is -0.497 e. The number of hydrogen-bond donors (Lipinski definition) is 1. The van der Waals surface area contributed by atoms with E-state index in [1.165, 1.54) is 0 Å². The first-order valence-electron chi connectivity index (χ1n) is 7.77. The summed E-state index contributed by atoms with van der Waals surface area (Å²) in [4.78, 5) is 12.0. The Hall–Kier alpha value is -2.33. The van der Waals surface area contributed by atoms with E-state index in [0.29, 0.717) is 6.61 Å². The van der Waals surface area contributed by atoms with Crippen molar-refractivity contribution in [2.24, 2.45) is 0 Å². The first-order valence-corrected chi connectivity index (χ1v) is 7.77. The van der Waals surface area contributed by atoms with Crippen molar-refractivity contribution < 1.29 is 14.3 Å². The van der Waals surface area contributed by atoms with Crippen molar-refractivity contribution in [3.05, 3.63) is 65.7 Å². The van der Waals surface area contributed by atoms with Gasteiger partial charge in [-0.3, -0.25) is 10.1 Å². The number of methoxy groups -OCH3 is 1. The summed E-state index contributed by atoms with van der Waals surface area (Å²) in [6.45, 7) is 4.00. The molecule has 0 aliphatic heterocycles. The van der Waals surface area contributed by atoms with Crippen LogP contribution in [-0.4, -0.2) is 25.7 Å². The lowest BCUT2D eigenvalue weighted by molar-refractivity contribution is -0.145. The first kappa shape index (κ1) is 17.0. The Morgan fingerprint density at radius 3 is 2.43 bits per heavy atom. The Balaban J connectivity index is 2.30. The van der Waals surface area contributed by atoms with Gasteiger partial charge in [0.1, 0.15) is 11.8 Å². The van der Waals surface area contributed by atoms with Crippen LogP contribution in [0.5, 0.6) is 5.75 Å². The summed E-state index contributed by atoms with van der Waals surface area (Å²) in [5.74, 6) is 0.533. The highest BCUT2D eigenvalue weighted by atomic mass is 16.5. The molecule has 2 atom stereocenters. The summed E-state index contributed by atoms with van der Waals surface area (Å²) in [6.07, 6.45) is 0. The predicted molar refractivity (Wildman–Crippen MR) is 90.5 cm³/mol. The molecular formula is C19H23NO3. The van der Waals surface area contributed by atoms with Gasteiger partial charge in [-0.1, -0.05) is 42.5 Å². The summed E-state index contributed by atoms with van der Waals surface area (Å²) < 4.78 is 10.4. The molecule has 0 aliphatic carbocycles. The Kier molecular flexibility index (Phi) is 6.18. The fourth-order valence-electron chi connectivity index (χ4n) is 2.44. The third-order valence-electron chi connectivity index (χ3n) is 3.62. The molecule has 0 amide bonds. The Labute approximate surface area is 137 Å². The highest BCUT2D eigenvalue weighted by Crippen LogP contribution is 2.25. The molecule has 0 heterocycles. The summed E-state index contributed by atoms with van der Waals surface area (Å²) >= 11 is 0. The fraction of sp³-hybridized carbons (Fsp3) is 0.316. The number of carbonyl (C=O) groups is 1. The van der Waals surface area contributed by atoms with E-state index in [2.05, 4.69) is 5.32 Å². The maximum absolute atomic E-state index is 12.0. The number of esters is 1. The zero-order chi connectivity index (χ0) is 16.7. The molecule has 0 fully saturated rings. The molecule has 0 aromatic heterocycles. The van der Waals surface area contributed by atoms with Crippen molar-refractivity contribution in [1.29, 1.82) is 0 Å². The lowest BCUT2D eigenvalue weighted by Gasteiger charge is -2.23. The van der Waals surface area contributed by atoms with Gasteiger partial charge in [0.2, 0.25) is 0 Å². The quantitative estimate of drug-likeness (QED) is 0.797. The number of ether oxygens (including phenoxy) is 2. The predicted octanol–water partition coefficient (Wildman–Crippen LogP) is 3.33. The van der Waals surface area contributed by atoms with Crippen LogP contribution in [0.4, 0.5) is 0 Å². The highest BCUT2D eigenvalue weighted by Gasteiger charge is 2.21. The average molecular weight is 313 g/mol. The van der Waals surface area contributed by atoms with Crippen LogP contribution in [0.3, 0.4) is 0 Å². The average Bonchev–Trinajstić information content (AvgIpc) is 2.60. The zero-order valence-electron chi connectivity index (χ0n) is 13.8. The topological polar surface area (TPSA) is 47.6 Å². The first-order chi connectivity index (χ1) is 11.2. The monoisotopic (exact) mass is 313 g/mol. The number of nitrogens with one attached hydrogen (secondary N) is 1. The van der Waals surface area contributed by atoms with Crippen LogP contribution in [-0.2, 0) is 9.53 Å². The van der Waals surface area contributed by atoms with Gasteiger partial charge in [0.15, 0.2) is 0 Å². The molecule has 0 spiro atoms. The smallest absolute Gasteiger partial charge is 0.322 e. The van der Waals surface area contributed by atoms with Crippen LogP contribution in [0.15, 0.2) is 54.6 Å². The van der Waals surface area contributed by atoms with Gasteiger partial charge in [0, 0.05) is 0 Å². The van der Waals surface area contributed by atoms with Crippen molar-refractivity contribution in [1.82, 2.24) is 5.32 Å². The van der Waals surface area contributed by atoms with Crippen molar-refractivity contribution >= 4 is 5.97 Å². The molecule has 4 nitrogen and oxygen atoms in total. The second-order valence-corrected chi connectivity index (χ2v) is 5.26. The summed E-state index contributed by atoms with van der Waals surface area (Å²) in [5, 5.41) is 3.36. The Bertz CT molecular complexity index is 628. The van der Waals surface area contributed by atoms with E-state index in [0.717, 1.165) is 16.9 Å². The van der Waals surface area contributed by atoms with Gasteiger partial charge < -0.3 is 9.47 Å². The van der Waals surface area contributed by atoms with E-state index >= 15 is 0 Å². The minimum atomic E-state index is -0.411. The van der Waals surface area contributed by atoms with Gasteiger partial charge in [-0.25, -0.2) is 0 Å². The lowest BCUT2D eigenvalue weighted by atomic mass is 9.97. The van der Waals surface area contributed by atoms with E-state index in [1.807, 2.05) is 61.5 Å². The summed E-state index contributed by atoms with van der Waals surface area (Å²) in [6, 6.07) is 17.3. The maximum Gasteiger partial charge on any atom is 0.322 e. The highest BCUT2D eigenvalue weighted by molar-refractivity contribution is 5.75. The van der Waals surface area contributed by atoms with Crippen LogP contribution in [0.25, 0.3) is 0 Å². The molecule has 0 saturated carbocycles. The van der Waals surface area contributed by atoms with Crippen LogP contribution in [0.2, 0.25) is 0 Å². The van der Waals surface area contributed by atoms with Gasteiger partial charge in [0.05, 0.1) is 19.8 Å². The van der Waals surface area contributed by atoms with Gasteiger partial charge in [-0.15, -0.1) is 0 Å². The Morgan fingerprint density at radius 2 is 1.78 bits per heavy atom. The molecule has 122 valence electrons. The molecule has 2 aromatic carbocycles. The molecule has 2 rings (SSSR count). The molecule has 2 unspecified atom stereocenters. The molecule has 23 heavy (non-hydrogen) atoms.